The quantitative estimate of drug-likeness (QED) is 0.553. The lowest BCUT2D eigenvalue weighted by molar-refractivity contribution is -0.137. The van der Waals surface area contributed by atoms with Gasteiger partial charge in [0.2, 0.25) is 0 Å². The van der Waals surface area contributed by atoms with E-state index in [1.54, 1.807) is 31.2 Å². The lowest BCUT2D eigenvalue weighted by Crippen LogP contribution is -2.12. The lowest BCUT2D eigenvalue weighted by atomic mass is 10.1. The molecule has 0 fully saturated rings. The zero-order chi connectivity index (χ0) is 18.4. The van der Waals surface area contributed by atoms with Gasteiger partial charge < -0.3 is 9.57 Å². The van der Waals surface area contributed by atoms with E-state index in [0.29, 0.717) is 17.9 Å². The Morgan fingerprint density at radius 1 is 1.00 bits per heavy atom. The van der Waals surface area contributed by atoms with E-state index in [2.05, 4.69) is 5.16 Å². The highest BCUT2D eigenvalue weighted by molar-refractivity contribution is 6.45. The van der Waals surface area contributed by atoms with Gasteiger partial charge in [0.05, 0.1) is 5.56 Å². The number of ketones is 1. The third kappa shape index (κ3) is 5.07. The fraction of sp³-hybridized carbons (Fsp3) is 0.222. The second kappa shape index (κ2) is 7.83. The first-order valence-corrected chi connectivity index (χ1v) is 7.47. The molecule has 132 valence electrons. The van der Waals surface area contributed by atoms with Gasteiger partial charge in [0.1, 0.15) is 18.1 Å². The average Bonchev–Trinajstić information content (AvgIpc) is 2.56. The van der Waals surface area contributed by atoms with Gasteiger partial charge in [-0.15, -0.1) is 0 Å². The summed E-state index contributed by atoms with van der Waals surface area (Å²) in [4.78, 5) is 16.5. The molecule has 7 heteroatoms. The molecule has 0 radical (unpaired) electrons. The molecule has 0 aliphatic carbocycles. The van der Waals surface area contributed by atoms with Crippen LogP contribution in [0, 0.1) is 0 Å². The molecule has 0 bridgehead atoms. The highest BCUT2D eigenvalue weighted by Crippen LogP contribution is 2.31. The van der Waals surface area contributed by atoms with Crippen molar-refractivity contribution in [3.63, 3.8) is 0 Å². The third-order valence-corrected chi connectivity index (χ3v) is 3.16. The topological polar surface area (TPSA) is 47.9 Å². The van der Waals surface area contributed by atoms with E-state index in [4.69, 9.17) is 9.57 Å². The summed E-state index contributed by atoms with van der Waals surface area (Å²) in [5.41, 5.74) is -0.00270. The van der Waals surface area contributed by atoms with E-state index >= 15 is 0 Å². The lowest BCUT2D eigenvalue weighted by Gasteiger charge is -2.09. The molecule has 0 spiro atoms. The van der Waals surface area contributed by atoms with Crippen LogP contribution >= 0.6 is 0 Å². The molecular formula is C18H16F3NO3. The van der Waals surface area contributed by atoms with E-state index in [1.807, 2.05) is 0 Å². The number of rotatable bonds is 6. The summed E-state index contributed by atoms with van der Waals surface area (Å²) >= 11 is 0. The predicted octanol–water partition coefficient (Wildman–Crippen LogP) is 4.83. The molecule has 2 aromatic rings. The molecule has 0 aliphatic rings. The van der Waals surface area contributed by atoms with Gasteiger partial charge in [0.25, 0.3) is 0 Å². The Kier molecular flexibility index (Phi) is 5.80. The van der Waals surface area contributed by atoms with Crippen molar-refractivity contribution in [2.24, 2.45) is 5.16 Å². The van der Waals surface area contributed by atoms with E-state index < -0.39 is 11.7 Å². The van der Waals surface area contributed by atoms with Crippen LogP contribution in [-0.4, -0.2) is 18.1 Å². The summed E-state index contributed by atoms with van der Waals surface area (Å²) in [6.45, 7) is 3.47. The van der Waals surface area contributed by atoms with Crippen molar-refractivity contribution in [2.45, 2.75) is 20.0 Å². The molecule has 0 saturated carbocycles. The third-order valence-electron chi connectivity index (χ3n) is 3.16. The number of carbonyl (C=O) groups is 1. The van der Waals surface area contributed by atoms with Gasteiger partial charge in [-0.05, 0) is 55.5 Å². The molecule has 0 aliphatic heterocycles. The Morgan fingerprint density at radius 2 is 1.52 bits per heavy atom. The van der Waals surface area contributed by atoms with Crippen LogP contribution in [0.4, 0.5) is 13.2 Å². The zero-order valence-electron chi connectivity index (χ0n) is 13.6. The maximum atomic E-state index is 12.5. The van der Waals surface area contributed by atoms with Crippen molar-refractivity contribution in [3.05, 3.63) is 59.7 Å². The molecule has 0 heterocycles. The Morgan fingerprint density at radius 3 is 1.96 bits per heavy atom. The van der Waals surface area contributed by atoms with Crippen LogP contribution in [-0.2, 0) is 15.8 Å². The second-order valence-corrected chi connectivity index (χ2v) is 5.06. The standard InChI is InChI=1S/C18H16F3NO3/c1-3-24-22-17(12(2)23)13-4-8-15(9-5-13)25-16-10-6-14(7-11-16)18(19,20)21/h4-11H,3H2,1-2H3. The normalized spacial score (nSPS) is 12.0. The number of ether oxygens (including phenoxy) is 1. The minimum absolute atomic E-state index is 0.183. The Labute approximate surface area is 142 Å². The van der Waals surface area contributed by atoms with Crippen LogP contribution in [0.1, 0.15) is 25.0 Å². The van der Waals surface area contributed by atoms with Gasteiger partial charge >= 0.3 is 6.18 Å². The summed E-state index contributed by atoms with van der Waals surface area (Å²) in [5, 5.41) is 3.78. The van der Waals surface area contributed by atoms with E-state index in [-0.39, 0.29) is 17.2 Å². The van der Waals surface area contributed by atoms with Crippen molar-refractivity contribution in [1.82, 2.24) is 0 Å². The number of oxime groups is 1. The predicted molar refractivity (Wildman–Crippen MR) is 86.8 cm³/mol. The van der Waals surface area contributed by atoms with Crippen LogP contribution in [0.25, 0.3) is 0 Å². The highest BCUT2D eigenvalue weighted by atomic mass is 19.4. The number of carbonyl (C=O) groups excluding carboxylic acids is 1. The Bertz CT molecular complexity index is 751. The molecule has 2 rings (SSSR count). The summed E-state index contributed by atoms with van der Waals surface area (Å²) in [6, 6.07) is 10.8. The fourth-order valence-electron chi connectivity index (χ4n) is 1.98. The number of hydrogen-bond acceptors (Lipinski definition) is 4. The van der Waals surface area contributed by atoms with Crippen molar-refractivity contribution < 1.29 is 27.5 Å². The first-order chi connectivity index (χ1) is 11.8. The van der Waals surface area contributed by atoms with Gasteiger partial charge in [-0.2, -0.15) is 13.2 Å². The number of halogens is 3. The van der Waals surface area contributed by atoms with Gasteiger partial charge in [-0.3, -0.25) is 4.79 Å². The van der Waals surface area contributed by atoms with Crippen molar-refractivity contribution in [3.8, 4) is 11.5 Å². The average molecular weight is 351 g/mol. The van der Waals surface area contributed by atoms with Crippen LogP contribution in [0.15, 0.2) is 53.7 Å². The minimum atomic E-state index is -4.39. The van der Waals surface area contributed by atoms with Crippen LogP contribution < -0.4 is 4.74 Å². The van der Waals surface area contributed by atoms with Crippen LogP contribution in [0.5, 0.6) is 11.5 Å². The Balaban J connectivity index is 2.13. The first-order valence-electron chi connectivity index (χ1n) is 7.47. The van der Waals surface area contributed by atoms with Gasteiger partial charge in [-0.1, -0.05) is 5.16 Å². The maximum Gasteiger partial charge on any atom is 0.416 e. The molecule has 0 saturated heterocycles. The number of Topliss-reactive ketones (excluding diaryl/α,β-unsaturated/α-hetero) is 1. The number of hydrogen-bond donors (Lipinski definition) is 0. The van der Waals surface area contributed by atoms with Crippen molar-refractivity contribution in [1.29, 1.82) is 0 Å². The van der Waals surface area contributed by atoms with Gasteiger partial charge in [-0.25, -0.2) is 0 Å². The molecule has 0 N–H and O–H groups in total. The maximum absolute atomic E-state index is 12.5. The van der Waals surface area contributed by atoms with E-state index in [1.165, 1.54) is 19.1 Å². The largest absolute Gasteiger partial charge is 0.457 e. The van der Waals surface area contributed by atoms with Crippen molar-refractivity contribution >= 4 is 11.5 Å². The number of nitrogens with zero attached hydrogens (tertiary/aromatic N) is 1. The summed E-state index contributed by atoms with van der Waals surface area (Å²) in [6.07, 6.45) is -4.39. The molecule has 0 amide bonds. The molecule has 25 heavy (non-hydrogen) atoms. The zero-order valence-corrected chi connectivity index (χ0v) is 13.6. The van der Waals surface area contributed by atoms with Crippen LogP contribution in [0.3, 0.4) is 0 Å². The number of benzene rings is 2. The van der Waals surface area contributed by atoms with Gasteiger partial charge in [0, 0.05) is 12.5 Å². The molecule has 0 atom stereocenters. The molecule has 0 unspecified atom stereocenters. The fourth-order valence-corrected chi connectivity index (χ4v) is 1.98. The van der Waals surface area contributed by atoms with Crippen LogP contribution in [0.2, 0.25) is 0 Å². The summed E-state index contributed by atoms with van der Waals surface area (Å²) in [7, 11) is 0. The first kappa shape index (κ1) is 18.5. The molecule has 0 aromatic heterocycles. The summed E-state index contributed by atoms with van der Waals surface area (Å²) < 4.78 is 43.1. The molecule has 2 aromatic carbocycles. The Hall–Kier alpha value is -2.83. The molecular weight excluding hydrogens is 335 g/mol. The highest BCUT2D eigenvalue weighted by Gasteiger charge is 2.30. The monoisotopic (exact) mass is 351 g/mol. The second-order valence-electron chi connectivity index (χ2n) is 5.06. The minimum Gasteiger partial charge on any atom is -0.457 e. The van der Waals surface area contributed by atoms with E-state index in [9.17, 15) is 18.0 Å². The van der Waals surface area contributed by atoms with Crippen molar-refractivity contribution in [2.75, 3.05) is 6.61 Å². The summed E-state index contributed by atoms with van der Waals surface area (Å²) in [5.74, 6) is 0.447. The number of alkyl halides is 3. The SMILES string of the molecule is CCON=C(C(C)=O)c1ccc(Oc2ccc(C(F)(F)F)cc2)cc1. The van der Waals surface area contributed by atoms with E-state index in [0.717, 1.165) is 12.1 Å². The molecule has 4 nitrogen and oxygen atoms in total. The smallest absolute Gasteiger partial charge is 0.416 e. The van der Waals surface area contributed by atoms with Gasteiger partial charge in [0.15, 0.2) is 11.5 Å².